The number of β-lactam (4-membered cyclic amide) rings is 1. The molecule has 2 aliphatic rings. The zero-order valence-electron chi connectivity index (χ0n) is 18.4. The minimum atomic E-state index is -1.16. The Balaban J connectivity index is 1.59. The predicted molar refractivity (Wildman–Crippen MR) is 127 cm³/mol. The summed E-state index contributed by atoms with van der Waals surface area (Å²) in [5.41, 5.74) is 7.07. The Hall–Kier alpha value is -3.04. The number of aryl methyl sites for hydroxylation is 1. The number of carboxylic acids is 1. The molecule has 2 aromatic rings. The van der Waals surface area contributed by atoms with Crippen LogP contribution in [0.2, 0.25) is 0 Å². The van der Waals surface area contributed by atoms with Crippen LogP contribution in [0.4, 0.5) is 0 Å². The van der Waals surface area contributed by atoms with Crippen molar-refractivity contribution in [1.82, 2.24) is 4.90 Å². The molecule has 174 valence electrons. The number of nitrogens with zero attached hydrogens (tertiary/aromatic N) is 1. The number of hydrogen-bond acceptors (Lipinski definition) is 6. The minimum absolute atomic E-state index is 0.0309. The highest BCUT2D eigenvalue weighted by atomic mass is 32.2. The Morgan fingerprint density at radius 3 is 2.64 bits per heavy atom. The predicted octanol–water partition coefficient (Wildman–Crippen LogP) is 2.58. The largest absolute Gasteiger partial charge is 0.488 e. The van der Waals surface area contributed by atoms with E-state index >= 15 is 0 Å². The van der Waals surface area contributed by atoms with Gasteiger partial charge in [-0.15, -0.1) is 0 Å². The van der Waals surface area contributed by atoms with E-state index < -0.39 is 18.0 Å². The number of carboxylic acid groups (broad SMARTS) is 1. The Labute approximate surface area is 195 Å². The van der Waals surface area contributed by atoms with Crippen LogP contribution in [0.25, 0.3) is 10.8 Å². The molecule has 0 aromatic heterocycles. The quantitative estimate of drug-likeness (QED) is 0.265. The van der Waals surface area contributed by atoms with E-state index in [1.54, 1.807) is 6.92 Å². The highest BCUT2D eigenvalue weighted by molar-refractivity contribution is 8.13. The molecule has 2 aromatic carbocycles. The lowest BCUT2D eigenvalue weighted by Crippen LogP contribution is -2.63. The van der Waals surface area contributed by atoms with Gasteiger partial charge in [0.25, 0.3) is 0 Å². The Morgan fingerprint density at radius 2 is 1.97 bits per heavy atom. The van der Waals surface area contributed by atoms with Gasteiger partial charge in [0.2, 0.25) is 5.91 Å². The van der Waals surface area contributed by atoms with Crippen LogP contribution in [0.5, 0.6) is 5.75 Å². The number of benzene rings is 2. The van der Waals surface area contributed by atoms with Crippen LogP contribution in [0.15, 0.2) is 47.7 Å². The molecule has 1 amide bonds. The van der Waals surface area contributed by atoms with Gasteiger partial charge in [-0.05, 0) is 30.4 Å². The second-order valence-electron chi connectivity index (χ2n) is 8.45. The molecule has 9 heteroatoms. The molecule has 33 heavy (non-hydrogen) atoms. The summed E-state index contributed by atoms with van der Waals surface area (Å²) in [5.74, 6) is -1.02. The van der Waals surface area contributed by atoms with Crippen molar-refractivity contribution in [2.45, 2.75) is 32.4 Å². The lowest BCUT2D eigenvalue weighted by atomic mass is 9.78. The zero-order valence-corrected chi connectivity index (χ0v) is 19.3. The smallest absolute Gasteiger partial charge is 0.352 e. The van der Waals surface area contributed by atoms with E-state index in [1.807, 2.05) is 43.3 Å². The summed E-state index contributed by atoms with van der Waals surface area (Å²) in [5, 5.41) is 29.2. The second-order valence-corrected chi connectivity index (χ2v) is 9.59. The number of amides is 1. The van der Waals surface area contributed by atoms with Crippen molar-refractivity contribution in [2.24, 2.45) is 17.6 Å². The first-order valence-electron chi connectivity index (χ1n) is 10.8. The van der Waals surface area contributed by atoms with Crippen LogP contribution in [0.3, 0.4) is 0 Å². The van der Waals surface area contributed by atoms with Gasteiger partial charge in [-0.3, -0.25) is 10.2 Å². The molecule has 0 radical (unpaired) electrons. The number of aliphatic carboxylic acids is 1. The van der Waals surface area contributed by atoms with Crippen LogP contribution in [-0.4, -0.2) is 56.7 Å². The summed E-state index contributed by atoms with van der Waals surface area (Å²) < 4.78 is 6.13. The summed E-state index contributed by atoms with van der Waals surface area (Å²) in [7, 11) is 0. The van der Waals surface area contributed by atoms with Crippen LogP contribution < -0.4 is 10.5 Å². The van der Waals surface area contributed by atoms with E-state index in [0.717, 1.165) is 22.8 Å². The van der Waals surface area contributed by atoms with E-state index in [2.05, 4.69) is 0 Å². The fourth-order valence-corrected chi connectivity index (χ4v) is 5.49. The van der Waals surface area contributed by atoms with E-state index in [1.165, 1.54) is 16.7 Å². The van der Waals surface area contributed by atoms with E-state index in [4.69, 9.17) is 15.9 Å². The van der Waals surface area contributed by atoms with Crippen LogP contribution >= 0.6 is 11.8 Å². The fourth-order valence-electron chi connectivity index (χ4n) is 4.95. The number of carbonyl (C=O) groups is 2. The lowest BCUT2D eigenvalue weighted by molar-refractivity contribution is -0.163. The van der Waals surface area contributed by atoms with E-state index in [0.29, 0.717) is 17.1 Å². The summed E-state index contributed by atoms with van der Waals surface area (Å²) in [4.78, 5) is 25.8. The number of fused-ring (bicyclic) bond motifs is 2. The maximum absolute atomic E-state index is 12.5. The van der Waals surface area contributed by atoms with Crippen LogP contribution in [-0.2, 0) is 16.0 Å². The number of aliphatic hydroxyl groups is 1. The van der Waals surface area contributed by atoms with E-state index in [9.17, 15) is 19.8 Å². The summed E-state index contributed by atoms with van der Waals surface area (Å²) in [6.45, 7) is 3.48. The third kappa shape index (κ3) is 4.06. The Bertz CT molecular complexity index is 1160. The maximum atomic E-state index is 12.5. The number of carbonyl (C=O) groups excluding carboxylic acids is 1. The summed E-state index contributed by atoms with van der Waals surface area (Å²) in [6, 6.07) is 11.3. The fraction of sp³-hybridized carbons (Fsp3) is 0.375. The van der Waals surface area contributed by atoms with Crippen molar-refractivity contribution in [2.75, 3.05) is 12.4 Å². The van der Waals surface area contributed by atoms with Crippen LogP contribution in [0.1, 0.15) is 19.4 Å². The third-order valence-corrected chi connectivity index (χ3v) is 7.22. The van der Waals surface area contributed by atoms with Crippen molar-refractivity contribution >= 4 is 39.6 Å². The van der Waals surface area contributed by atoms with Gasteiger partial charge in [-0.1, -0.05) is 49.0 Å². The number of nitrogens with two attached hydrogens (primary N) is 1. The average Bonchev–Trinajstić information content (AvgIpc) is 3.00. The second kappa shape index (κ2) is 9.07. The van der Waals surface area contributed by atoms with Gasteiger partial charge < -0.3 is 25.6 Å². The van der Waals surface area contributed by atoms with Crippen molar-refractivity contribution in [3.8, 4) is 5.75 Å². The van der Waals surface area contributed by atoms with Gasteiger partial charge >= 0.3 is 5.97 Å². The number of aliphatic hydroxyl groups excluding tert-OH is 1. The highest BCUT2D eigenvalue weighted by Crippen LogP contribution is 2.47. The normalized spacial score (nSPS) is 22.8. The van der Waals surface area contributed by atoms with Gasteiger partial charge in [0, 0.05) is 22.6 Å². The molecule has 2 aliphatic heterocycles. The Morgan fingerprint density at radius 1 is 1.27 bits per heavy atom. The molecule has 5 N–H and O–H groups in total. The first kappa shape index (κ1) is 23.1. The molecule has 4 atom stereocenters. The molecule has 1 fully saturated rings. The number of nitrogens with one attached hydrogen (secondary N) is 1. The molecule has 0 unspecified atom stereocenters. The average molecular weight is 470 g/mol. The Kier molecular flexibility index (Phi) is 6.36. The number of hydrogen-bond donors (Lipinski definition) is 4. The summed E-state index contributed by atoms with van der Waals surface area (Å²) in [6.07, 6.45) is -0.0928. The van der Waals surface area contributed by atoms with Gasteiger partial charge in [0.05, 0.1) is 18.1 Å². The van der Waals surface area contributed by atoms with Crippen molar-refractivity contribution < 1.29 is 24.5 Å². The molecule has 0 bridgehead atoms. The number of ether oxygens (including phenoxy) is 1. The molecule has 0 spiro atoms. The standard InChI is InChI=1S/C24H27N3O5S/c1-12-17(21(23(30)31)27-20(12)19(13(2)28)22(27)29)11-32-18-8-4-6-15-14(5-3-7-16(15)18)9-10-33-24(25)26/h3-8,12-13,19-20,28H,9-11H2,1-2H3,(H3,25,26)(H,30,31)/t12-,13+,19+,20+/m0/s1. The molecule has 1 saturated heterocycles. The van der Waals surface area contributed by atoms with Crippen molar-refractivity contribution in [1.29, 1.82) is 5.41 Å². The summed E-state index contributed by atoms with van der Waals surface area (Å²) >= 11 is 1.30. The van der Waals surface area contributed by atoms with Crippen molar-refractivity contribution in [3.05, 3.63) is 53.2 Å². The van der Waals surface area contributed by atoms with Gasteiger partial charge in [-0.2, -0.15) is 0 Å². The van der Waals surface area contributed by atoms with Gasteiger partial charge in [0.15, 0.2) is 5.17 Å². The number of thioether (sulfide) groups is 1. The van der Waals surface area contributed by atoms with E-state index in [-0.39, 0.29) is 35.3 Å². The van der Waals surface area contributed by atoms with Crippen molar-refractivity contribution in [3.63, 3.8) is 0 Å². The molecular weight excluding hydrogens is 442 g/mol. The monoisotopic (exact) mass is 469 g/mol. The van der Waals surface area contributed by atoms with Crippen LogP contribution in [0, 0.1) is 17.2 Å². The highest BCUT2D eigenvalue weighted by Gasteiger charge is 2.59. The molecule has 0 saturated carbocycles. The van der Waals surface area contributed by atoms with Gasteiger partial charge in [0.1, 0.15) is 18.1 Å². The molecule has 2 heterocycles. The molecule has 4 rings (SSSR count). The lowest BCUT2D eigenvalue weighted by Gasteiger charge is -2.46. The minimum Gasteiger partial charge on any atom is -0.488 e. The SMILES string of the molecule is C[C@@H](O)[C@H]1C(=O)N2C(C(=O)O)=C(COc3cccc4c(CCSC(=N)N)cccc34)[C@H](C)[C@H]12. The molecule has 8 nitrogen and oxygen atoms in total. The maximum Gasteiger partial charge on any atom is 0.352 e. The number of amidine groups is 1. The number of rotatable bonds is 8. The topological polar surface area (TPSA) is 137 Å². The molecular formula is C24H27N3O5S. The zero-order chi connectivity index (χ0) is 23.9. The first-order valence-corrected chi connectivity index (χ1v) is 11.8. The molecule has 0 aliphatic carbocycles. The third-order valence-electron chi connectivity index (χ3n) is 6.50. The van der Waals surface area contributed by atoms with Gasteiger partial charge in [-0.25, -0.2) is 4.79 Å². The first-order chi connectivity index (χ1) is 15.7.